The van der Waals surface area contributed by atoms with Crippen LogP contribution in [0.25, 0.3) is 11.2 Å². The van der Waals surface area contributed by atoms with Crippen molar-refractivity contribution in [3.05, 3.63) is 49.5 Å². The summed E-state index contributed by atoms with van der Waals surface area (Å²) >= 11 is 0. The third kappa shape index (κ3) is 2.94. The van der Waals surface area contributed by atoms with Gasteiger partial charge in [0.15, 0.2) is 17.2 Å². The molecule has 7 N–H and O–H groups in total. The Morgan fingerprint density at radius 3 is 1.81 bits per heavy atom. The number of phenols is 3. The third-order valence-electron chi connectivity index (χ3n) is 2.41. The average Bonchev–Trinajstić information content (AvgIpc) is 2.77. The number of nitrogens with one attached hydrogen (secondary N) is 4. The molecular formula is C11H10N4O6. The zero-order valence-corrected chi connectivity index (χ0v) is 10.3. The van der Waals surface area contributed by atoms with Crippen molar-refractivity contribution in [3.8, 4) is 17.2 Å². The molecule has 3 aromatic rings. The van der Waals surface area contributed by atoms with Crippen LogP contribution in [0.3, 0.4) is 0 Å². The zero-order chi connectivity index (χ0) is 15.6. The van der Waals surface area contributed by atoms with Gasteiger partial charge in [-0.15, -0.1) is 0 Å². The maximum atomic E-state index is 10.9. The monoisotopic (exact) mass is 294 g/mol. The van der Waals surface area contributed by atoms with E-state index >= 15 is 0 Å². The first-order valence-electron chi connectivity index (χ1n) is 5.53. The van der Waals surface area contributed by atoms with Crippen LogP contribution in [-0.4, -0.2) is 35.3 Å². The van der Waals surface area contributed by atoms with Crippen molar-refractivity contribution in [1.82, 2.24) is 19.9 Å². The highest BCUT2D eigenvalue weighted by Crippen LogP contribution is 2.32. The van der Waals surface area contributed by atoms with Gasteiger partial charge in [-0.1, -0.05) is 6.07 Å². The molecule has 0 amide bonds. The molecule has 0 bridgehead atoms. The minimum absolute atomic E-state index is 0.0413. The molecular weight excluding hydrogens is 284 g/mol. The standard InChI is InChI=1S/C6H6O3.C5H4N4O3/c7-4-2-1-3-5(8)6(4)9;10-3-1-2(7-4(11)6-1)8-5(12)9-3/h1-3,7-9H;(H4,6,7,8,9,10,11,12). The van der Waals surface area contributed by atoms with E-state index in [1.54, 1.807) is 0 Å². The SMILES string of the molecule is O=c1[nH]c(=O)c2[nH]c(=O)[nH]c2[nH]1.Oc1cccc(O)c1O. The van der Waals surface area contributed by atoms with Crippen LogP contribution in [0.15, 0.2) is 32.6 Å². The molecule has 3 rings (SSSR count). The van der Waals surface area contributed by atoms with Gasteiger partial charge in [0, 0.05) is 0 Å². The van der Waals surface area contributed by atoms with Crippen molar-refractivity contribution < 1.29 is 15.3 Å². The van der Waals surface area contributed by atoms with Crippen molar-refractivity contribution in [2.45, 2.75) is 0 Å². The molecule has 0 saturated carbocycles. The topological polar surface area (TPSA) is 175 Å². The summed E-state index contributed by atoms with van der Waals surface area (Å²) in [5.41, 5.74) is -1.65. The largest absolute Gasteiger partial charge is 0.504 e. The number of fused-ring (bicyclic) bond motifs is 1. The van der Waals surface area contributed by atoms with E-state index in [0.717, 1.165) is 0 Å². The predicted molar refractivity (Wildman–Crippen MR) is 71.6 cm³/mol. The van der Waals surface area contributed by atoms with E-state index in [-0.39, 0.29) is 22.7 Å². The fourth-order valence-electron chi connectivity index (χ4n) is 1.48. The fourth-order valence-corrected chi connectivity index (χ4v) is 1.48. The van der Waals surface area contributed by atoms with Gasteiger partial charge in [0.25, 0.3) is 5.56 Å². The molecule has 0 saturated heterocycles. The van der Waals surface area contributed by atoms with Gasteiger partial charge in [-0.25, -0.2) is 9.59 Å². The first kappa shape index (κ1) is 14.0. The van der Waals surface area contributed by atoms with E-state index in [0.29, 0.717) is 0 Å². The second kappa shape index (κ2) is 5.28. The Balaban J connectivity index is 0.000000161. The zero-order valence-electron chi connectivity index (χ0n) is 10.3. The lowest BCUT2D eigenvalue weighted by Gasteiger charge is -1.96. The van der Waals surface area contributed by atoms with Gasteiger partial charge < -0.3 is 15.3 Å². The molecule has 1 aromatic carbocycles. The first-order chi connectivity index (χ1) is 9.88. The van der Waals surface area contributed by atoms with E-state index in [1.165, 1.54) is 18.2 Å². The summed E-state index contributed by atoms with van der Waals surface area (Å²) < 4.78 is 0. The van der Waals surface area contributed by atoms with Gasteiger partial charge in [-0.05, 0) is 12.1 Å². The van der Waals surface area contributed by atoms with Crippen molar-refractivity contribution in [2.24, 2.45) is 0 Å². The Morgan fingerprint density at radius 2 is 1.29 bits per heavy atom. The van der Waals surface area contributed by atoms with Gasteiger partial charge in [0.05, 0.1) is 0 Å². The van der Waals surface area contributed by atoms with Crippen LogP contribution in [0.4, 0.5) is 0 Å². The third-order valence-corrected chi connectivity index (χ3v) is 2.41. The molecule has 10 nitrogen and oxygen atoms in total. The van der Waals surface area contributed by atoms with Gasteiger partial charge >= 0.3 is 11.4 Å². The Morgan fingerprint density at radius 1 is 0.762 bits per heavy atom. The number of aromatic amines is 4. The fraction of sp³-hybridized carbons (Fsp3) is 0. The number of hydrogen-bond donors (Lipinski definition) is 7. The van der Waals surface area contributed by atoms with Crippen molar-refractivity contribution in [3.63, 3.8) is 0 Å². The molecule has 10 heteroatoms. The number of rotatable bonds is 0. The number of hydrogen-bond acceptors (Lipinski definition) is 6. The Bertz CT molecular complexity index is 927. The number of imidazole rings is 1. The van der Waals surface area contributed by atoms with E-state index in [1.807, 2.05) is 4.98 Å². The van der Waals surface area contributed by atoms with Crippen LogP contribution in [0.5, 0.6) is 17.2 Å². The summed E-state index contributed by atoms with van der Waals surface area (Å²) in [6.45, 7) is 0. The summed E-state index contributed by atoms with van der Waals surface area (Å²) in [6.07, 6.45) is 0. The quantitative estimate of drug-likeness (QED) is 0.262. The minimum atomic E-state index is -0.650. The molecule has 110 valence electrons. The van der Waals surface area contributed by atoms with E-state index in [9.17, 15) is 14.4 Å². The molecule has 0 unspecified atom stereocenters. The lowest BCUT2D eigenvalue weighted by molar-refractivity contribution is 0.368. The smallest absolute Gasteiger partial charge is 0.327 e. The summed E-state index contributed by atoms with van der Waals surface area (Å²) in [6, 6.07) is 4.01. The van der Waals surface area contributed by atoms with Crippen LogP contribution in [-0.2, 0) is 0 Å². The van der Waals surface area contributed by atoms with Crippen LogP contribution in [0.2, 0.25) is 0 Å². The van der Waals surface area contributed by atoms with Crippen LogP contribution in [0, 0.1) is 0 Å². The molecule has 0 aliphatic heterocycles. The van der Waals surface area contributed by atoms with Crippen LogP contribution in [0.1, 0.15) is 0 Å². The lowest BCUT2D eigenvalue weighted by Crippen LogP contribution is -2.21. The Labute approximate surface area is 114 Å². The highest BCUT2D eigenvalue weighted by atomic mass is 16.3. The maximum absolute atomic E-state index is 10.9. The van der Waals surface area contributed by atoms with Crippen molar-refractivity contribution >= 4 is 11.2 Å². The number of benzene rings is 1. The molecule has 2 heterocycles. The normalized spacial score (nSPS) is 10.1. The molecule has 0 aliphatic rings. The van der Waals surface area contributed by atoms with Crippen molar-refractivity contribution in [1.29, 1.82) is 0 Å². The summed E-state index contributed by atoms with van der Waals surface area (Å²) in [5, 5.41) is 26.1. The van der Waals surface area contributed by atoms with Crippen molar-refractivity contribution in [2.75, 3.05) is 0 Å². The second-order valence-electron chi connectivity index (χ2n) is 3.88. The van der Waals surface area contributed by atoms with E-state index in [4.69, 9.17) is 15.3 Å². The van der Waals surface area contributed by atoms with E-state index in [2.05, 4.69) is 15.0 Å². The highest BCUT2D eigenvalue weighted by Gasteiger charge is 2.02. The van der Waals surface area contributed by atoms with Crippen LogP contribution < -0.4 is 16.9 Å². The molecule has 0 radical (unpaired) electrons. The summed E-state index contributed by atoms with van der Waals surface area (Å²) in [7, 11) is 0. The molecule has 0 fully saturated rings. The highest BCUT2D eigenvalue weighted by molar-refractivity contribution is 5.67. The molecule has 21 heavy (non-hydrogen) atoms. The predicted octanol–water partition coefficient (Wildman–Crippen LogP) is -0.964. The van der Waals surface area contributed by atoms with Crippen LogP contribution >= 0.6 is 0 Å². The second-order valence-corrected chi connectivity index (χ2v) is 3.88. The van der Waals surface area contributed by atoms with E-state index < -0.39 is 22.7 Å². The lowest BCUT2D eigenvalue weighted by atomic mass is 10.3. The average molecular weight is 294 g/mol. The number of H-pyrrole nitrogens is 4. The first-order valence-corrected chi connectivity index (χ1v) is 5.53. The van der Waals surface area contributed by atoms with Gasteiger partial charge in [-0.2, -0.15) is 0 Å². The van der Waals surface area contributed by atoms with Gasteiger partial charge in [0.1, 0.15) is 11.2 Å². The summed E-state index contributed by atoms with van der Waals surface area (Å²) in [5.74, 6) is -1.09. The molecule has 2 aromatic heterocycles. The number of phenolic OH excluding ortho intramolecular Hbond substituents is 3. The molecule has 0 spiro atoms. The molecule has 0 atom stereocenters. The number of aromatic nitrogens is 4. The summed E-state index contributed by atoms with van der Waals surface area (Å²) in [4.78, 5) is 41.0. The molecule has 0 aliphatic carbocycles. The minimum Gasteiger partial charge on any atom is -0.504 e. The number of para-hydroxylation sites is 1. The Kier molecular flexibility index (Phi) is 3.52. The number of aromatic hydroxyl groups is 3. The van der Waals surface area contributed by atoms with Gasteiger partial charge in [0.2, 0.25) is 0 Å². The Hall–Kier alpha value is -3.43. The maximum Gasteiger partial charge on any atom is 0.327 e. The van der Waals surface area contributed by atoms with Gasteiger partial charge in [-0.3, -0.25) is 24.7 Å².